The van der Waals surface area contributed by atoms with Crippen LogP contribution in [-0.2, 0) is 4.79 Å². The van der Waals surface area contributed by atoms with Crippen molar-refractivity contribution < 1.29 is 4.79 Å². The predicted molar refractivity (Wildman–Crippen MR) is 54.9 cm³/mol. The molecule has 0 aliphatic carbocycles. The maximum atomic E-state index is 10.6. The highest BCUT2D eigenvalue weighted by Gasteiger charge is 2.34. The topological polar surface area (TPSA) is 41.1 Å². The number of alkyl halides is 1. The third kappa shape index (κ3) is 1.66. The van der Waals surface area contributed by atoms with Crippen molar-refractivity contribution in [3.8, 4) is 0 Å². The number of hydrogen-bond acceptors (Lipinski definition) is 3. The number of carbonyl (C=O) groups excluding carboxylic acids is 1. The number of aldehydes is 1. The van der Waals surface area contributed by atoms with E-state index >= 15 is 0 Å². The van der Waals surface area contributed by atoms with E-state index in [1.807, 2.05) is 30.3 Å². The van der Waals surface area contributed by atoms with Crippen LogP contribution in [0.4, 0.5) is 0 Å². The lowest BCUT2D eigenvalue weighted by molar-refractivity contribution is -0.109. The molecule has 0 radical (unpaired) electrons. The maximum absolute atomic E-state index is 10.6. The third-order valence-electron chi connectivity index (χ3n) is 2.37. The van der Waals surface area contributed by atoms with Gasteiger partial charge in [-0.05, 0) is 5.56 Å². The lowest BCUT2D eigenvalue weighted by Gasteiger charge is -2.13. The smallest absolute Gasteiger partial charge is 0.139 e. The minimum absolute atomic E-state index is 0.00642. The minimum Gasteiger partial charge on any atom is -0.302 e. The van der Waals surface area contributed by atoms with E-state index in [0.29, 0.717) is 0 Å². The van der Waals surface area contributed by atoms with Crippen LogP contribution >= 0.6 is 11.6 Å². The van der Waals surface area contributed by atoms with E-state index in [-0.39, 0.29) is 17.5 Å². The molecule has 14 heavy (non-hydrogen) atoms. The van der Waals surface area contributed by atoms with Crippen molar-refractivity contribution in [1.82, 2.24) is 10.9 Å². The Morgan fingerprint density at radius 1 is 1.21 bits per heavy atom. The van der Waals surface area contributed by atoms with Crippen LogP contribution in [0.15, 0.2) is 30.3 Å². The van der Waals surface area contributed by atoms with Gasteiger partial charge in [-0.2, -0.15) is 0 Å². The van der Waals surface area contributed by atoms with E-state index in [2.05, 4.69) is 10.9 Å². The van der Waals surface area contributed by atoms with E-state index in [1.54, 1.807) is 0 Å². The van der Waals surface area contributed by atoms with Gasteiger partial charge < -0.3 is 4.79 Å². The Morgan fingerprint density at radius 2 is 1.93 bits per heavy atom. The lowest BCUT2D eigenvalue weighted by Crippen LogP contribution is -2.33. The van der Waals surface area contributed by atoms with Gasteiger partial charge in [-0.1, -0.05) is 30.3 Å². The SMILES string of the molecule is O=CC1NNC(c2ccccc2)C1Cl. The second-order valence-corrected chi connectivity index (χ2v) is 3.79. The highest BCUT2D eigenvalue weighted by atomic mass is 35.5. The van der Waals surface area contributed by atoms with Crippen molar-refractivity contribution in [3.63, 3.8) is 0 Å². The second kappa shape index (κ2) is 4.09. The summed E-state index contributed by atoms with van der Waals surface area (Å²) in [6, 6.07) is 9.51. The molecule has 1 saturated heterocycles. The van der Waals surface area contributed by atoms with Gasteiger partial charge >= 0.3 is 0 Å². The molecule has 2 rings (SSSR count). The van der Waals surface area contributed by atoms with Crippen LogP contribution in [0.25, 0.3) is 0 Å². The number of carbonyl (C=O) groups is 1. The molecule has 3 atom stereocenters. The van der Waals surface area contributed by atoms with Crippen LogP contribution in [-0.4, -0.2) is 17.7 Å². The molecule has 2 N–H and O–H groups in total. The molecule has 1 aromatic carbocycles. The molecule has 1 aromatic rings. The Kier molecular flexibility index (Phi) is 2.82. The normalized spacial score (nSPS) is 31.6. The molecule has 0 amide bonds. The van der Waals surface area contributed by atoms with Crippen molar-refractivity contribution in [2.75, 3.05) is 0 Å². The fourth-order valence-corrected chi connectivity index (χ4v) is 1.92. The molecule has 4 heteroatoms. The second-order valence-electron chi connectivity index (χ2n) is 3.28. The molecular formula is C10H11ClN2O. The summed E-state index contributed by atoms with van der Waals surface area (Å²) in [4.78, 5) is 10.6. The van der Waals surface area contributed by atoms with Crippen LogP contribution in [0, 0.1) is 0 Å². The summed E-state index contributed by atoms with van der Waals surface area (Å²) in [5, 5.41) is -0.241. The van der Waals surface area contributed by atoms with Gasteiger partial charge in [0.05, 0.1) is 17.5 Å². The Hall–Kier alpha value is -0.900. The highest BCUT2D eigenvalue weighted by Crippen LogP contribution is 2.26. The van der Waals surface area contributed by atoms with Gasteiger partial charge in [-0.25, -0.2) is 10.9 Å². The van der Waals surface area contributed by atoms with Gasteiger partial charge in [0.15, 0.2) is 0 Å². The molecule has 0 bridgehead atoms. The first-order valence-corrected chi connectivity index (χ1v) is 4.92. The Morgan fingerprint density at radius 3 is 2.50 bits per heavy atom. The number of rotatable bonds is 2. The largest absolute Gasteiger partial charge is 0.302 e. The van der Waals surface area contributed by atoms with Crippen LogP contribution in [0.3, 0.4) is 0 Å². The van der Waals surface area contributed by atoms with Crippen molar-refractivity contribution in [1.29, 1.82) is 0 Å². The Labute approximate surface area is 87.4 Å². The van der Waals surface area contributed by atoms with Crippen molar-refractivity contribution in [2.24, 2.45) is 0 Å². The average Bonchev–Trinajstić information content (AvgIpc) is 2.61. The summed E-state index contributed by atoms with van der Waals surface area (Å²) < 4.78 is 0. The summed E-state index contributed by atoms with van der Waals surface area (Å²) in [7, 11) is 0. The zero-order chi connectivity index (χ0) is 9.97. The van der Waals surface area contributed by atoms with Crippen LogP contribution in [0.1, 0.15) is 11.6 Å². The molecule has 74 valence electrons. The van der Waals surface area contributed by atoms with Crippen LogP contribution in [0.2, 0.25) is 0 Å². The molecule has 3 unspecified atom stereocenters. The lowest BCUT2D eigenvalue weighted by atomic mass is 10.0. The number of halogens is 1. The summed E-state index contributed by atoms with van der Waals surface area (Å²) in [6.07, 6.45) is 0.827. The molecular weight excluding hydrogens is 200 g/mol. The average molecular weight is 211 g/mol. The molecule has 1 aliphatic rings. The third-order valence-corrected chi connectivity index (χ3v) is 2.90. The van der Waals surface area contributed by atoms with Gasteiger partial charge in [-0.3, -0.25) is 0 Å². The first-order chi connectivity index (χ1) is 6.83. The van der Waals surface area contributed by atoms with Crippen molar-refractivity contribution in [2.45, 2.75) is 17.5 Å². The summed E-state index contributed by atoms with van der Waals surface area (Å²) in [6.45, 7) is 0. The van der Waals surface area contributed by atoms with E-state index < -0.39 is 0 Å². The summed E-state index contributed by atoms with van der Waals surface area (Å²) in [5.41, 5.74) is 6.95. The van der Waals surface area contributed by atoms with Gasteiger partial charge in [0.2, 0.25) is 0 Å². The van der Waals surface area contributed by atoms with Crippen LogP contribution < -0.4 is 10.9 Å². The zero-order valence-electron chi connectivity index (χ0n) is 7.48. The minimum atomic E-state index is -0.318. The molecule has 3 nitrogen and oxygen atoms in total. The molecule has 0 aromatic heterocycles. The van der Waals surface area contributed by atoms with E-state index in [9.17, 15) is 4.79 Å². The quantitative estimate of drug-likeness (QED) is 0.566. The molecule has 1 aliphatic heterocycles. The van der Waals surface area contributed by atoms with Gasteiger partial charge in [-0.15, -0.1) is 11.6 Å². The van der Waals surface area contributed by atoms with Gasteiger partial charge in [0.25, 0.3) is 0 Å². The Bertz CT molecular complexity index is 317. The number of nitrogens with one attached hydrogen (secondary N) is 2. The van der Waals surface area contributed by atoms with E-state index in [4.69, 9.17) is 11.6 Å². The first kappa shape index (κ1) is 9.65. The predicted octanol–water partition coefficient (Wildman–Crippen LogP) is 1.01. The Balaban J connectivity index is 2.18. The van der Waals surface area contributed by atoms with Gasteiger partial charge in [0, 0.05) is 0 Å². The monoisotopic (exact) mass is 210 g/mol. The highest BCUT2D eigenvalue weighted by molar-refractivity contribution is 6.22. The van der Waals surface area contributed by atoms with Gasteiger partial charge in [0.1, 0.15) is 6.29 Å². The summed E-state index contributed by atoms with van der Waals surface area (Å²) in [5.74, 6) is 0. The number of benzene rings is 1. The molecule has 1 fully saturated rings. The first-order valence-electron chi connectivity index (χ1n) is 4.48. The fraction of sp³-hybridized carbons (Fsp3) is 0.300. The maximum Gasteiger partial charge on any atom is 0.139 e. The molecule has 0 saturated carbocycles. The standard InChI is InChI=1S/C10H11ClN2O/c11-9-8(6-14)12-13-10(9)7-4-2-1-3-5-7/h1-6,8-10,12-13H. The van der Waals surface area contributed by atoms with E-state index in [0.717, 1.165) is 11.8 Å². The zero-order valence-corrected chi connectivity index (χ0v) is 8.24. The fourth-order valence-electron chi connectivity index (χ4n) is 1.59. The van der Waals surface area contributed by atoms with E-state index in [1.165, 1.54) is 0 Å². The molecule has 1 heterocycles. The number of hydrogen-bond donors (Lipinski definition) is 2. The number of hydrazine groups is 1. The summed E-state index contributed by atoms with van der Waals surface area (Å²) >= 11 is 6.12. The van der Waals surface area contributed by atoms with Crippen LogP contribution in [0.5, 0.6) is 0 Å². The van der Waals surface area contributed by atoms with Crippen molar-refractivity contribution in [3.05, 3.63) is 35.9 Å². The molecule has 0 spiro atoms. The van der Waals surface area contributed by atoms with Crippen molar-refractivity contribution >= 4 is 17.9 Å².